The lowest BCUT2D eigenvalue weighted by Crippen LogP contribution is -2.35. The van der Waals surface area contributed by atoms with E-state index >= 15 is 0 Å². The summed E-state index contributed by atoms with van der Waals surface area (Å²) in [5, 5.41) is 9.33. The fourth-order valence-electron chi connectivity index (χ4n) is 2.33. The first-order valence-corrected chi connectivity index (χ1v) is 8.11. The molecule has 2 atom stereocenters. The second-order valence-corrected chi connectivity index (χ2v) is 7.12. The van der Waals surface area contributed by atoms with Gasteiger partial charge in [0.1, 0.15) is 0 Å². The fraction of sp³-hybridized carbons (Fsp3) is 0.571. The van der Waals surface area contributed by atoms with E-state index in [0.29, 0.717) is 23.2 Å². The van der Waals surface area contributed by atoms with Gasteiger partial charge >= 0.3 is 0 Å². The Morgan fingerprint density at radius 3 is 2.30 bits per heavy atom. The molecule has 0 amide bonds. The van der Waals surface area contributed by atoms with Gasteiger partial charge in [-0.1, -0.05) is 0 Å². The molecule has 0 saturated heterocycles. The first-order chi connectivity index (χ1) is 9.06. The van der Waals surface area contributed by atoms with Crippen molar-refractivity contribution >= 4 is 15.7 Å². The quantitative estimate of drug-likeness (QED) is 0.721. The first-order valence-electron chi connectivity index (χ1n) is 6.63. The minimum Gasteiger partial charge on any atom is -0.398 e. The second kappa shape index (κ2) is 6.11. The Hall–Kier alpha value is -1.11. The van der Waals surface area contributed by atoms with Crippen LogP contribution in [0.25, 0.3) is 0 Å². The van der Waals surface area contributed by atoms with Gasteiger partial charge in [-0.15, -0.1) is 0 Å². The Balaban J connectivity index is 3.23. The van der Waals surface area contributed by atoms with E-state index < -0.39 is 16.1 Å². The van der Waals surface area contributed by atoms with Crippen molar-refractivity contribution in [3.63, 3.8) is 0 Å². The molecule has 4 N–H and O–H groups in total. The average Bonchev–Trinajstić information content (AvgIpc) is 2.24. The van der Waals surface area contributed by atoms with Crippen LogP contribution in [0.15, 0.2) is 11.0 Å². The van der Waals surface area contributed by atoms with Gasteiger partial charge < -0.3 is 10.8 Å². The standard InChI is InChI=1S/C14H24N2O3S/c1-8-6-13(15)12(5)14(11(8)4)20(18,19)16-9(2)7-10(3)17/h6,9-10,16-17H,7,15H2,1-5H3. The summed E-state index contributed by atoms with van der Waals surface area (Å²) >= 11 is 0. The van der Waals surface area contributed by atoms with E-state index in [-0.39, 0.29) is 10.9 Å². The molecule has 5 nitrogen and oxygen atoms in total. The van der Waals surface area contributed by atoms with Gasteiger partial charge in [0.2, 0.25) is 10.0 Å². The Bertz CT molecular complexity index is 569. The van der Waals surface area contributed by atoms with Crippen LogP contribution in [0.5, 0.6) is 0 Å². The maximum atomic E-state index is 12.5. The highest BCUT2D eigenvalue weighted by Gasteiger charge is 2.24. The van der Waals surface area contributed by atoms with Gasteiger partial charge in [-0.2, -0.15) is 0 Å². The van der Waals surface area contributed by atoms with Crippen molar-refractivity contribution < 1.29 is 13.5 Å². The summed E-state index contributed by atoms with van der Waals surface area (Å²) < 4.78 is 27.6. The summed E-state index contributed by atoms with van der Waals surface area (Å²) in [6, 6.07) is 1.43. The summed E-state index contributed by atoms with van der Waals surface area (Å²) in [7, 11) is -3.65. The highest BCUT2D eigenvalue weighted by atomic mass is 32.2. The van der Waals surface area contributed by atoms with Crippen LogP contribution in [0.1, 0.15) is 37.0 Å². The van der Waals surface area contributed by atoms with Crippen LogP contribution in [0, 0.1) is 20.8 Å². The van der Waals surface area contributed by atoms with Crippen LogP contribution in [-0.4, -0.2) is 25.7 Å². The van der Waals surface area contributed by atoms with E-state index in [1.54, 1.807) is 33.8 Å². The topological polar surface area (TPSA) is 92.4 Å². The maximum absolute atomic E-state index is 12.5. The molecule has 0 radical (unpaired) electrons. The Morgan fingerprint density at radius 2 is 1.80 bits per heavy atom. The predicted octanol–water partition coefficient (Wildman–Crippen LogP) is 1.63. The zero-order chi connectivity index (χ0) is 15.7. The normalized spacial score (nSPS) is 15.1. The molecule has 1 aromatic carbocycles. The number of rotatable bonds is 5. The third kappa shape index (κ3) is 3.71. The number of hydrogen-bond acceptors (Lipinski definition) is 4. The van der Waals surface area contributed by atoms with Gasteiger partial charge in [0, 0.05) is 11.7 Å². The average molecular weight is 300 g/mol. The molecule has 0 heterocycles. The van der Waals surface area contributed by atoms with Crippen LogP contribution in [-0.2, 0) is 10.0 Å². The highest BCUT2D eigenvalue weighted by molar-refractivity contribution is 7.89. The first kappa shape index (κ1) is 16.9. The Morgan fingerprint density at radius 1 is 1.25 bits per heavy atom. The summed E-state index contributed by atoms with van der Waals surface area (Å²) in [4.78, 5) is 0.243. The highest BCUT2D eigenvalue weighted by Crippen LogP contribution is 2.28. The van der Waals surface area contributed by atoms with E-state index in [1.807, 2.05) is 6.92 Å². The third-order valence-corrected chi connectivity index (χ3v) is 5.26. The number of aryl methyl sites for hydroxylation is 1. The molecule has 0 aliphatic carbocycles. The number of hydrogen-bond donors (Lipinski definition) is 3. The lowest BCUT2D eigenvalue weighted by Gasteiger charge is -2.19. The van der Waals surface area contributed by atoms with Gasteiger partial charge in [-0.3, -0.25) is 0 Å². The van der Waals surface area contributed by atoms with Crippen molar-refractivity contribution in [2.45, 2.75) is 58.1 Å². The zero-order valence-electron chi connectivity index (χ0n) is 12.7. The Kier molecular flexibility index (Phi) is 5.18. The summed E-state index contributed by atoms with van der Waals surface area (Å²) in [5.41, 5.74) is 8.44. The monoisotopic (exact) mass is 300 g/mol. The molecule has 20 heavy (non-hydrogen) atoms. The largest absolute Gasteiger partial charge is 0.398 e. The molecule has 1 aromatic rings. The van der Waals surface area contributed by atoms with Gasteiger partial charge in [0.15, 0.2) is 0 Å². The summed E-state index contributed by atoms with van der Waals surface area (Å²) in [6.45, 7) is 8.68. The minimum atomic E-state index is -3.65. The number of benzene rings is 1. The zero-order valence-corrected chi connectivity index (χ0v) is 13.5. The molecule has 6 heteroatoms. The number of nitrogen functional groups attached to an aromatic ring is 1. The molecule has 0 aliphatic rings. The van der Waals surface area contributed by atoms with Gasteiger partial charge in [0.25, 0.3) is 0 Å². The number of nitrogens with two attached hydrogens (primary N) is 1. The molecule has 114 valence electrons. The molecule has 2 unspecified atom stereocenters. The molecule has 0 fully saturated rings. The number of sulfonamides is 1. The summed E-state index contributed by atoms with van der Waals surface area (Å²) in [6.07, 6.45) is -0.198. The van der Waals surface area contributed by atoms with E-state index in [4.69, 9.17) is 5.73 Å². The molecule has 0 bridgehead atoms. The van der Waals surface area contributed by atoms with Gasteiger partial charge in [0.05, 0.1) is 11.0 Å². The van der Waals surface area contributed by atoms with Crippen molar-refractivity contribution in [1.29, 1.82) is 0 Å². The molecule has 0 spiro atoms. The van der Waals surface area contributed by atoms with Crippen molar-refractivity contribution in [3.8, 4) is 0 Å². The maximum Gasteiger partial charge on any atom is 0.241 e. The molecular formula is C14H24N2O3S. The van der Waals surface area contributed by atoms with Gasteiger partial charge in [-0.05, 0) is 63.8 Å². The van der Waals surface area contributed by atoms with Crippen LogP contribution in [0.4, 0.5) is 5.69 Å². The van der Waals surface area contributed by atoms with Crippen molar-refractivity contribution in [1.82, 2.24) is 4.72 Å². The lowest BCUT2D eigenvalue weighted by molar-refractivity contribution is 0.175. The predicted molar refractivity (Wildman–Crippen MR) is 81.1 cm³/mol. The van der Waals surface area contributed by atoms with Crippen molar-refractivity contribution in [2.24, 2.45) is 0 Å². The smallest absolute Gasteiger partial charge is 0.241 e. The number of aliphatic hydroxyl groups excluding tert-OH is 1. The third-order valence-electron chi connectivity index (χ3n) is 3.40. The minimum absolute atomic E-state index is 0.243. The van der Waals surface area contributed by atoms with Crippen LogP contribution in [0.3, 0.4) is 0 Å². The Labute approximate surface area is 121 Å². The molecule has 0 aromatic heterocycles. The number of nitrogens with one attached hydrogen (secondary N) is 1. The molecule has 0 aliphatic heterocycles. The molecular weight excluding hydrogens is 276 g/mol. The number of aliphatic hydroxyl groups is 1. The molecule has 0 saturated carbocycles. The van der Waals surface area contributed by atoms with Crippen LogP contribution < -0.4 is 10.5 Å². The van der Waals surface area contributed by atoms with E-state index in [1.165, 1.54) is 0 Å². The van der Waals surface area contributed by atoms with Crippen molar-refractivity contribution in [2.75, 3.05) is 5.73 Å². The fourth-order valence-corrected chi connectivity index (χ4v) is 4.16. The SMILES string of the molecule is Cc1cc(N)c(C)c(S(=O)(=O)NC(C)CC(C)O)c1C. The molecule has 1 rings (SSSR count). The number of anilines is 1. The van der Waals surface area contributed by atoms with Crippen LogP contribution in [0.2, 0.25) is 0 Å². The second-order valence-electron chi connectivity index (χ2n) is 5.47. The van der Waals surface area contributed by atoms with E-state index in [9.17, 15) is 13.5 Å². The lowest BCUT2D eigenvalue weighted by atomic mass is 10.1. The van der Waals surface area contributed by atoms with E-state index in [0.717, 1.165) is 5.56 Å². The summed E-state index contributed by atoms with van der Waals surface area (Å²) in [5.74, 6) is 0. The van der Waals surface area contributed by atoms with Crippen molar-refractivity contribution in [3.05, 3.63) is 22.8 Å². The van der Waals surface area contributed by atoms with Gasteiger partial charge in [-0.25, -0.2) is 13.1 Å². The van der Waals surface area contributed by atoms with E-state index in [2.05, 4.69) is 4.72 Å². The van der Waals surface area contributed by atoms with Crippen LogP contribution >= 0.6 is 0 Å².